The molecule has 0 radical (unpaired) electrons. The van der Waals surface area contributed by atoms with E-state index in [1.54, 1.807) is 50.4 Å². The lowest BCUT2D eigenvalue weighted by atomic mass is 10.1. The molecular formula is C22H29N3O5. The Morgan fingerprint density at radius 3 is 2.37 bits per heavy atom. The zero-order valence-electron chi connectivity index (χ0n) is 17.5. The van der Waals surface area contributed by atoms with Gasteiger partial charge in [0.15, 0.2) is 11.5 Å². The number of carbonyl (C=O) groups is 2. The Balaban J connectivity index is 1.69. The second-order valence-corrected chi connectivity index (χ2v) is 6.87. The van der Waals surface area contributed by atoms with Gasteiger partial charge in [-0.2, -0.15) is 0 Å². The Morgan fingerprint density at radius 2 is 1.73 bits per heavy atom. The fourth-order valence-corrected chi connectivity index (χ4v) is 2.73. The van der Waals surface area contributed by atoms with Crippen molar-refractivity contribution in [2.75, 3.05) is 25.6 Å². The number of carbonyl (C=O) groups excluding carboxylic acids is 2. The molecule has 0 bridgehead atoms. The van der Waals surface area contributed by atoms with Crippen LogP contribution in [0.4, 0.5) is 5.69 Å². The molecule has 2 amide bonds. The first-order chi connectivity index (χ1) is 14.4. The van der Waals surface area contributed by atoms with Crippen LogP contribution in [0.2, 0.25) is 0 Å². The highest BCUT2D eigenvalue weighted by Gasteiger charge is 2.12. The van der Waals surface area contributed by atoms with Crippen LogP contribution in [0.25, 0.3) is 0 Å². The van der Waals surface area contributed by atoms with Gasteiger partial charge in [0.1, 0.15) is 12.7 Å². The largest absolute Gasteiger partial charge is 0.493 e. The van der Waals surface area contributed by atoms with Gasteiger partial charge >= 0.3 is 0 Å². The lowest BCUT2D eigenvalue weighted by molar-refractivity contribution is -0.121. The average Bonchev–Trinajstić information content (AvgIpc) is 2.72. The Kier molecular flexibility index (Phi) is 9.11. The number of hydrogen-bond acceptors (Lipinski definition) is 6. The minimum absolute atomic E-state index is 0.0920. The van der Waals surface area contributed by atoms with Gasteiger partial charge in [-0.25, -0.2) is 0 Å². The molecule has 0 saturated carbocycles. The van der Waals surface area contributed by atoms with E-state index in [1.807, 2.05) is 12.1 Å². The molecule has 0 heterocycles. The summed E-state index contributed by atoms with van der Waals surface area (Å²) in [5, 5.41) is 18.7. The van der Waals surface area contributed by atoms with Crippen LogP contribution in [0.5, 0.6) is 11.5 Å². The van der Waals surface area contributed by atoms with Crippen LogP contribution in [0.3, 0.4) is 0 Å². The van der Waals surface area contributed by atoms with Crippen molar-refractivity contribution in [1.82, 2.24) is 10.6 Å². The summed E-state index contributed by atoms with van der Waals surface area (Å²) < 4.78 is 10.8. The van der Waals surface area contributed by atoms with Crippen molar-refractivity contribution in [2.24, 2.45) is 0 Å². The zero-order chi connectivity index (χ0) is 21.9. The molecule has 2 aromatic carbocycles. The number of methoxy groups -OCH3 is 1. The number of amides is 2. The third kappa shape index (κ3) is 8.10. The Labute approximate surface area is 176 Å². The molecule has 0 fully saturated rings. The molecule has 2 rings (SSSR count). The van der Waals surface area contributed by atoms with E-state index in [1.165, 1.54) is 6.92 Å². The van der Waals surface area contributed by atoms with E-state index in [0.29, 0.717) is 17.2 Å². The minimum atomic E-state index is -0.754. The normalized spacial score (nSPS) is 12.5. The van der Waals surface area contributed by atoms with Gasteiger partial charge in [0.05, 0.1) is 19.7 Å². The topological polar surface area (TPSA) is 109 Å². The summed E-state index contributed by atoms with van der Waals surface area (Å²) in [5.74, 6) is 0.867. The first-order valence-corrected chi connectivity index (χ1v) is 9.70. The summed E-state index contributed by atoms with van der Waals surface area (Å²) in [6.45, 7) is 3.58. The van der Waals surface area contributed by atoms with Gasteiger partial charge in [-0.15, -0.1) is 0 Å². The van der Waals surface area contributed by atoms with Crippen LogP contribution in [-0.2, 0) is 16.0 Å². The highest BCUT2D eigenvalue weighted by Crippen LogP contribution is 2.25. The van der Waals surface area contributed by atoms with E-state index in [4.69, 9.17) is 9.47 Å². The first kappa shape index (κ1) is 23.2. The standard InChI is InChI=1S/C22H29N3O5/c1-15(23-13-19(27)14-30-21-7-5-4-6-20(21)29-3)24-22(28)12-17-8-10-18(11-9-17)25-16(2)26/h4-11,15,19,23,27H,12-14H2,1-3H3,(H,24,28)(H,25,26). The number of hydrogen-bond donors (Lipinski definition) is 4. The van der Waals surface area contributed by atoms with Crippen LogP contribution in [-0.4, -0.2) is 49.5 Å². The third-order valence-corrected chi connectivity index (χ3v) is 4.18. The van der Waals surface area contributed by atoms with Crippen LogP contribution in [0, 0.1) is 0 Å². The second kappa shape index (κ2) is 11.8. The summed E-state index contributed by atoms with van der Waals surface area (Å²) in [6, 6.07) is 14.3. The quantitative estimate of drug-likeness (QED) is 0.416. The van der Waals surface area contributed by atoms with E-state index in [2.05, 4.69) is 16.0 Å². The number of benzene rings is 2. The van der Waals surface area contributed by atoms with Crippen LogP contribution in [0.1, 0.15) is 19.4 Å². The van der Waals surface area contributed by atoms with Crippen molar-refractivity contribution >= 4 is 17.5 Å². The number of anilines is 1. The molecule has 2 atom stereocenters. The predicted molar refractivity (Wildman–Crippen MR) is 115 cm³/mol. The van der Waals surface area contributed by atoms with Crippen LogP contribution < -0.4 is 25.4 Å². The number of para-hydroxylation sites is 2. The van der Waals surface area contributed by atoms with E-state index in [0.717, 1.165) is 5.56 Å². The lowest BCUT2D eigenvalue weighted by Gasteiger charge is -2.19. The van der Waals surface area contributed by atoms with Crippen LogP contribution in [0.15, 0.2) is 48.5 Å². The molecule has 30 heavy (non-hydrogen) atoms. The van der Waals surface area contributed by atoms with Crippen LogP contribution >= 0.6 is 0 Å². The van der Waals surface area contributed by atoms with Gasteiger partial charge in [-0.05, 0) is 36.8 Å². The molecule has 8 nitrogen and oxygen atoms in total. The van der Waals surface area contributed by atoms with Gasteiger partial charge in [-0.3, -0.25) is 14.9 Å². The summed E-state index contributed by atoms with van der Waals surface area (Å²) in [7, 11) is 1.56. The van der Waals surface area contributed by atoms with Gasteiger partial charge < -0.3 is 25.2 Å². The second-order valence-electron chi connectivity index (χ2n) is 6.87. The molecule has 4 N–H and O–H groups in total. The SMILES string of the molecule is COc1ccccc1OCC(O)CNC(C)NC(=O)Cc1ccc(NC(C)=O)cc1. The minimum Gasteiger partial charge on any atom is -0.493 e. The van der Waals surface area contributed by atoms with Gasteiger partial charge in [-0.1, -0.05) is 24.3 Å². The molecular weight excluding hydrogens is 386 g/mol. The molecule has 2 aromatic rings. The van der Waals surface area contributed by atoms with Gasteiger partial charge in [0.25, 0.3) is 0 Å². The van der Waals surface area contributed by atoms with Crippen molar-refractivity contribution < 1.29 is 24.2 Å². The number of nitrogens with one attached hydrogen (secondary N) is 3. The number of aliphatic hydroxyl groups excluding tert-OH is 1. The third-order valence-electron chi connectivity index (χ3n) is 4.18. The highest BCUT2D eigenvalue weighted by molar-refractivity contribution is 5.88. The number of ether oxygens (including phenoxy) is 2. The van der Waals surface area contributed by atoms with Gasteiger partial charge in [0, 0.05) is 19.2 Å². The van der Waals surface area contributed by atoms with Crippen molar-refractivity contribution in [2.45, 2.75) is 32.5 Å². The maximum atomic E-state index is 12.2. The lowest BCUT2D eigenvalue weighted by Crippen LogP contribution is -2.47. The first-order valence-electron chi connectivity index (χ1n) is 9.70. The molecule has 0 aliphatic carbocycles. The predicted octanol–water partition coefficient (Wildman–Crippen LogP) is 1.69. The smallest absolute Gasteiger partial charge is 0.225 e. The molecule has 162 valence electrons. The maximum Gasteiger partial charge on any atom is 0.225 e. The highest BCUT2D eigenvalue weighted by atomic mass is 16.5. The van der Waals surface area contributed by atoms with E-state index in [9.17, 15) is 14.7 Å². The maximum absolute atomic E-state index is 12.2. The Hall–Kier alpha value is -3.10. The monoisotopic (exact) mass is 415 g/mol. The van der Waals surface area contributed by atoms with Crippen molar-refractivity contribution in [3.05, 3.63) is 54.1 Å². The number of aliphatic hydroxyl groups is 1. The molecule has 8 heteroatoms. The zero-order valence-corrected chi connectivity index (χ0v) is 17.5. The Bertz CT molecular complexity index is 826. The van der Waals surface area contributed by atoms with E-state index >= 15 is 0 Å². The van der Waals surface area contributed by atoms with Crippen molar-refractivity contribution in [1.29, 1.82) is 0 Å². The molecule has 0 aromatic heterocycles. The summed E-state index contributed by atoms with van der Waals surface area (Å²) >= 11 is 0. The molecule has 0 spiro atoms. The average molecular weight is 415 g/mol. The molecule has 0 aliphatic rings. The van der Waals surface area contributed by atoms with Crippen molar-refractivity contribution in [3.8, 4) is 11.5 Å². The summed E-state index contributed by atoms with van der Waals surface area (Å²) in [6.07, 6.45) is -0.862. The van der Waals surface area contributed by atoms with E-state index < -0.39 is 6.10 Å². The van der Waals surface area contributed by atoms with Crippen molar-refractivity contribution in [3.63, 3.8) is 0 Å². The fraction of sp³-hybridized carbons (Fsp3) is 0.364. The Morgan fingerprint density at radius 1 is 1.07 bits per heavy atom. The molecule has 0 saturated heterocycles. The number of rotatable bonds is 11. The van der Waals surface area contributed by atoms with E-state index in [-0.39, 0.29) is 37.6 Å². The molecule has 0 aliphatic heterocycles. The van der Waals surface area contributed by atoms with Gasteiger partial charge in [0.2, 0.25) is 11.8 Å². The summed E-state index contributed by atoms with van der Waals surface area (Å²) in [4.78, 5) is 23.2. The fourth-order valence-electron chi connectivity index (χ4n) is 2.73. The molecule has 2 unspecified atom stereocenters. The summed E-state index contributed by atoms with van der Waals surface area (Å²) in [5.41, 5.74) is 1.52.